The Morgan fingerprint density at radius 3 is 2.20 bits per heavy atom. The van der Waals surface area contributed by atoms with Gasteiger partial charge in [0.1, 0.15) is 5.78 Å². The molecular formula is C8H13NO. The van der Waals surface area contributed by atoms with Crippen LogP contribution < -0.4 is 5.32 Å². The van der Waals surface area contributed by atoms with Crippen molar-refractivity contribution in [3.8, 4) is 0 Å². The van der Waals surface area contributed by atoms with Gasteiger partial charge in [0.2, 0.25) is 0 Å². The van der Waals surface area contributed by atoms with Crippen LogP contribution in [0.4, 0.5) is 0 Å². The number of Topliss-reactive ketones (excluding diaryl/α,β-unsaturated/α-hetero) is 1. The maximum atomic E-state index is 11.4. The lowest BCUT2D eigenvalue weighted by Crippen LogP contribution is -2.49. The zero-order valence-electron chi connectivity index (χ0n) is 6.10. The van der Waals surface area contributed by atoms with E-state index < -0.39 is 0 Å². The molecule has 1 heterocycles. The van der Waals surface area contributed by atoms with Gasteiger partial charge >= 0.3 is 0 Å². The lowest BCUT2D eigenvalue weighted by molar-refractivity contribution is -0.130. The van der Waals surface area contributed by atoms with Gasteiger partial charge in [-0.2, -0.15) is 0 Å². The number of carbonyl (C=O) groups is 1. The van der Waals surface area contributed by atoms with Gasteiger partial charge in [0.25, 0.3) is 0 Å². The van der Waals surface area contributed by atoms with Gasteiger partial charge < -0.3 is 5.32 Å². The lowest BCUT2D eigenvalue weighted by Gasteiger charge is -2.33. The van der Waals surface area contributed by atoms with Crippen LogP contribution >= 0.6 is 0 Å². The first kappa shape index (κ1) is 6.35. The minimum atomic E-state index is 0.380. The minimum Gasteiger partial charge on any atom is -0.315 e. The molecule has 0 radical (unpaired) electrons. The molecule has 56 valence electrons. The Morgan fingerprint density at radius 1 is 1.20 bits per heavy atom. The van der Waals surface area contributed by atoms with Crippen molar-refractivity contribution in [2.75, 3.05) is 13.1 Å². The first-order chi connectivity index (χ1) is 4.88. The molecule has 1 saturated heterocycles. The fraction of sp³-hybridized carbons (Fsp3) is 0.875. The molecule has 1 aliphatic carbocycles. The molecule has 2 fully saturated rings. The van der Waals surface area contributed by atoms with Crippen LogP contribution in [0.2, 0.25) is 0 Å². The summed E-state index contributed by atoms with van der Waals surface area (Å²) in [5.41, 5.74) is 0. The van der Waals surface area contributed by atoms with E-state index in [-0.39, 0.29) is 0 Å². The summed E-state index contributed by atoms with van der Waals surface area (Å²) in [6.45, 7) is 1.88. The highest BCUT2D eigenvalue weighted by molar-refractivity contribution is 5.85. The van der Waals surface area contributed by atoms with Crippen molar-refractivity contribution in [2.24, 2.45) is 11.8 Å². The summed E-state index contributed by atoms with van der Waals surface area (Å²) in [6, 6.07) is 0. The van der Waals surface area contributed by atoms with E-state index in [1.165, 1.54) is 6.42 Å². The maximum Gasteiger partial charge on any atom is 0.141 e. The van der Waals surface area contributed by atoms with E-state index >= 15 is 0 Å². The molecule has 2 rings (SSSR count). The summed E-state index contributed by atoms with van der Waals surface area (Å²) in [6.07, 6.45) is 3.60. The van der Waals surface area contributed by atoms with Gasteiger partial charge in [-0.3, -0.25) is 4.79 Å². The summed E-state index contributed by atoms with van der Waals surface area (Å²) in [7, 11) is 0. The van der Waals surface area contributed by atoms with Crippen molar-refractivity contribution in [3.63, 3.8) is 0 Å². The summed E-state index contributed by atoms with van der Waals surface area (Å²) >= 11 is 0. The quantitative estimate of drug-likeness (QED) is 0.606. The third kappa shape index (κ3) is 0.870. The molecule has 10 heavy (non-hydrogen) atoms. The van der Waals surface area contributed by atoms with Gasteiger partial charge in [0, 0.05) is 24.9 Å². The molecular weight excluding hydrogens is 126 g/mol. The molecule has 0 aromatic carbocycles. The van der Waals surface area contributed by atoms with Crippen molar-refractivity contribution in [3.05, 3.63) is 0 Å². The molecule has 0 atom stereocenters. The number of hydrogen-bond acceptors (Lipinski definition) is 2. The zero-order chi connectivity index (χ0) is 6.97. The highest BCUT2D eigenvalue weighted by atomic mass is 16.1. The normalized spacial score (nSPS) is 27.2. The van der Waals surface area contributed by atoms with Crippen LogP contribution in [0.25, 0.3) is 0 Å². The Bertz CT molecular complexity index is 131. The predicted molar refractivity (Wildman–Crippen MR) is 38.7 cm³/mol. The van der Waals surface area contributed by atoms with Crippen molar-refractivity contribution in [1.82, 2.24) is 5.32 Å². The monoisotopic (exact) mass is 139 g/mol. The highest BCUT2D eigenvalue weighted by Gasteiger charge is 2.33. The minimum absolute atomic E-state index is 0.380. The number of hydrogen-bond donors (Lipinski definition) is 1. The first-order valence-corrected chi connectivity index (χ1v) is 4.12. The molecule has 0 bridgehead atoms. The molecule has 0 aromatic heterocycles. The van der Waals surface area contributed by atoms with E-state index in [4.69, 9.17) is 0 Å². The third-order valence-corrected chi connectivity index (χ3v) is 2.69. The average Bonchev–Trinajstić information content (AvgIpc) is 1.52. The van der Waals surface area contributed by atoms with E-state index in [1.807, 2.05) is 0 Å². The Labute approximate surface area is 61.0 Å². The summed E-state index contributed by atoms with van der Waals surface area (Å²) in [5, 5.41) is 3.12. The van der Waals surface area contributed by atoms with Crippen molar-refractivity contribution >= 4 is 5.78 Å². The molecule has 0 unspecified atom stereocenters. The van der Waals surface area contributed by atoms with Gasteiger partial charge in [0.15, 0.2) is 0 Å². The van der Waals surface area contributed by atoms with Crippen LogP contribution in [0.1, 0.15) is 19.3 Å². The van der Waals surface area contributed by atoms with Gasteiger partial charge in [-0.15, -0.1) is 0 Å². The number of nitrogens with one attached hydrogen (secondary N) is 1. The zero-order valence-corrected chi connectivity index (χ0v) is 6.10. The predicted octanol–water partition coefficient (Wildman–Crippen LogP) is 0.575. The smallest absolute Gasteiger partial charge is 0.141 e. The molecule has 1 saturated carbocycles. The molecule has 2 aliphatic rings. The van der Waals surface area contributed by atoms with Crippen LogP contribution in [0.5, 0.6) is 0 Å². The van der Waals surface area contributed by atoms with E-state index in [9.17, 15) is 4.79 Å². The summed E-state index contributed by atoms with van der Waals surface area (Å²) < 4.78 is 0. The lowest BCUT2D eigenvalue weighted by atomic mass is 9.76. The van der Waals surface area contributed by atoms with Crippen molar-refractivity contribution in [1.29, 1.82) is 0 Å². The summed E-state index contributed by atoms with van der Waals surface area (Å²) in [5.74, 6) is 1.36. The largest absolute Gasteiger partial charge is 0.315 e. The Kier molecular flexibility index (Phi) is 1.49. The van der Waals surface area contributed by atoms with Crippen molar-refractivity contribution in [2.45, 2.75) is 19.3 Å². The van der Waals surface area contributed by atoms with Gasteiger partial charge in [0.05, 0.1) is 0 Å². The molecule has 2 nitrogen and oxygen atoms in total. The van der Waals surface area contributed by atoms with Crippen LogP contribution in [-0.4, -0.2) is 18.9 Å². The Morgan fingerprint density at radius 2 is 1.90 bits per heavy atom. The second kappa shape index (κ2) is 2.35. The molecule has 1 N–H and O–H groups in total. The van der Waals surface area contributed by atoms with Crippen LogP contribution in [-0.2, 0) is 4.79 Å². The molecule has 0 spiro atoms. The molecule has 0 amide bonds. The van der Waals surface area contributed by atoms with Crippen LogP contribution in [0.15, 0.2) is 0 Å². The van der Waals surface area contributed by atoms with E-state index in [1.54, 1.807) is 0 Å². The van der Waals surface area contributed by atoms with Crippen LogP contribution in [0, 0.1) is 11.8 Å². The number of carbonyl (C=O) groups excluding carboxylic acids is 1. The fourth-order valence-corrected chi connectivity index (χ4v) is 1.52. The van der Waals surface area contributed by atoms with Crippen LogP contribution in [0.3, 0.4) is 0 Å². The van der Waals surface area contributed by atoms with E-state index in [2.05, 4.69) is 5.32 Å². The fourth-order valence-electron chi connectivity index (χ4n) is 1.52. The van der Waals surface area contributed by atoms with Gasteiger partial charge in [-0.1, -0.05) is 6.42 Å². The van der Waals surface area contributed by atoms with E-state index in [0.717, 1.165) is 25.9 Å². The third-order valence-electron chi connectivity index (χ3n) is 2.69. The maximum absolute atomic E-state index is 11.4. The molecule has 1 aliphatic heterocycles. The van der Waals surface area contributed by atoms with Gasteiger partial charge in [-0.25, -0.2) is 0 Å². The number of rotatable bonds is 2. The first-order valence-electron chi connectivity index (χ1n) is 4.12. The summed E-state index contributed by atoms with van der Waals surface area (Å²) in [4.78, 5) is 11.4. The van der Waals surface area contributed by atoms with Gasteiger partial charge in [-0.05, 0) is 12.8 Å². The molecule has 2 heteroatoms. The second-order valence-corrected chi connectivity index (χ2v) is 3.39. The topological polar surface area (TPSA) is 29.1 Å². The molecule has 0 aromatic rings. The average molecular weight is 139 g/mol. The van der Waals surface area contributed by atoms with Crippen molar-refractivity contribution < 1.29 is 4.79 Å². The Hall–Kier alpha value is -0.370. The Balaban J connectivity index is 1.84. The standard InChI is InChI=1S/C8H13NO/c10-8(6-2-1-3-6)7-4-9-5-7/h6-7,9H,1-5H2. The second-order valence-electron chi connectivity index (χ2n) is 3.39. The van der Waals surface area contributed by atoms with E-state index in [0.29, 0.717) is 17.6 Å². The number of ketones is 1. The highest BCUT2D eigenvalue weighted by Crippen LogP contribution is 2.30. The SMILES string of the molecule is O=C(C1CCC1)C1CNC1.